The van der Waals surface area contributed by atoms with E-state index in [2.05, 4.69) is 45.3 Å². The van der Waals surface area contributed by atoms with Crippen LogP contribution in [0.15, 0.2) is 16.6 Å². The molecule has 0 radical (unpaired) electrons. The molecule has 0 bridgehead atoms. The molecule has 96 valence electrons. The van der Waals surface area contributed by atoms with Crippen molar-refractivity contribution in [1.29, 1.82) is 0 Å². The fourth-order valence-corrected chi connectivity index (χ4v) is 3.30. The number of imidazole rings is 1. The summed E-state index contributed by atoms with van der Waals surface area (Å²) in [6.07, 6.45) is 4.91. The van der Waals surface area contributed by atoms with E-state index in [0.29, 0.717) is 6.04 Å². The Balaban J connectivity index is 1.86. The molecule has 0 amide bonds. The molecule has 1 aliphatic rings. The Morgan fingerprint density at radius 2 is 2.28 bits per heavy atom. The minimum atomic E-state index is 0.586. The molecule has 4 heteroatoms. The highest BCUT2D eigenvalue weighted by Gasteiger charge is 2.15. The standard InChI is InChI=1S/C14H18BrN3/c1-9-6-10(15)7-12-14(9)18-13(17-12)8-11-4-2-3-5-16-11/h6-7,11,16H,2-5,8H2,1H3,(H,17,18). The topological polar surface area (TPSA) is 40.7 Å². The Labute approximate surface area is 116 Å². The van der Waals surface area contributed by atoms with E-state index in [4.69, 9.17) is 4.98 Å². The lowest BCUT2D eigenvalue weighted by atomic mass is 10.0. The second-order valence-corrected chi connectivity index (χ2v) is 6.07. The normalized spacial score (nSPS) is 20.4. The van der Waals surface area contributed by atoms with Gasteiger partial charge in [-0.15, -0.1) is 0 Å². The number of rotatable bonds is 2. The summed E-state index contributed by atoms with van der Waals surface area (Å²) in [4.78, 5) is 8.17. The molecule has 2 N–H and O–H groups in total. The van der Waals surface area contributed by atoms with E-state index in [1.165, 1.54) is 24.8 Å². The van der Waals surface area contributed by atoms with E-state index in [1.807, 2.05) is 0 Å². The molecule has 3 rings (SSSR count). The van der Waals surface area contributed by atoms with Crippen LogP contribution in [0.4, 0.5) is 0 Å². The second-order valence-electron chi connectivity index (χ2n) is 5.15. The molecule has 18 heavy (non-hydrogen) atoms. The molecular formula is C14H18BrN3. The van der Waals surface area contributed by atoms with Crippen LogP contribution in [0.25, 0.3) is 11.0 Å². The number of aryl methyl sites for hydroxylation is 1. The van der Waals surface area contributed by atoms with Gasteiger partial charge in [-0.3, -0.25) is 0 Å². The average Bonchev–Trinajstić information content (AvgIpc) is 2.73. The first-order valence-corrected chi connectivity index (χ1v) is 7.40. The molecule has 0 aliphatic carbocycles. The third kappa shape index (κ3) is 2.45. The van der Waals surface area contributed by atoms with Gasteiger partial charge in [-0.05, 0) is 44.0 Å². The van der Waals surface area contributed by atoms with Crippen LogP contribution >= 0.6 is 15.9 Å². The van der Waals surface area contributed by atoms with Crippen LogP contribution in [-0.2, 0) is 6.42 Å². The lowest BCUT2D eigenvalue weighted by molar-refractivity contribution is 0.395. The van der Waals surface area contributed by atoms with Crippen molar-refractivity contribution in [2.45, 2.75) is 38.6 Å². The van der Waals surface area contributed by atoms with Gasteiger partial charge in [0.05, 0.1) is 11.0 Å². The van der Waals surface area contributed by atoms with E-state index in [9.17, 15) is 0 Å². The van der Waals surface area contributed by atoms with Crippen molar-refractivity contribution in [3.8, 4) is 0 Å². The summed E-state index contributed by atoms with van der Waals surface area (Å²) in [6.45, 7) is 3.26. The van der Waals surface area contributed by atoms with Crippen LogP contribution in [0, 0.1) is 6.92 Å². The van der Waals surface area contributed by atoms with E-state index in [1.54, 1.807) is 0 Å². The Kier molecular flexibility index (Phi) is 3.39. The van der Waals surface area contributed by atoms with Crippen molar-refractivity contribution in [2.24, 2.45) is 0 Å². The summed E-state index contributed by atoms with van der Waals surface area (Å²) in [5.41, 5.74) is 3.45. The monoisotopic (exact) mass is 307 g/mol. The number of fused-ring (bicyclic) bond motifs is 1. The van der Waals surface area contributed by atoms with Crippen LogP contribution < -0.4 is 5.32 Å². The number of hydrogen-bond donors (Lipinski definition) is 2. The Morgan fingerprint density at radius 3 is 3.06 bits per heavy atom. The third-order valence-electron chi connectivity index (χ3n) is 3.64. The van der Waals surface area contributed by atoms with E-state index in [0.717, 1.165) is 34.3 Å². The van der Waals surface area contributed by atoms with Gasteiger partial charge in [0.25, 0.3) is 0 Å². The van der Waals surface area contributed by atoms with E-state index >= 15 is 0 Å². The molecule has 2 aromatic rings. The fourth-order valence-electron chi connectivity index (χ4n) is 2.73. The zero-order valence-corrected chi connectivity index (χ0v) is 12.2. The quantitative estimate of drug-likeness (QED) is 0.893. The lowest BCUT2D eigenvalue weighted by Crippen LogP contribution is -2.35. The van der Waals surface area contributed by atoms with Gasteiger partial charge in [-0.1, -0.05) is 22.4 Å². The first-order chi connectivity index (χ1) is 8.72. The predicted molar refractivity (Wildman–Crippen MR) is 77.9 cm³/mol. The SMILES string of the molecule is Cc1cc(Br)cc2[nH]c(CC3CCCCN3)nc12. The third-order valence-corrected chi connectivity index (χ3v) is 4.10. The van der Waals surface area contributed by atoms with Crippen molar-refractivity contribution < 1.29 is 0 Å². The largest absolute Gasteiger partial charge is 0.342 e. The van der Waals surface area contributed by atoms with Crippen LogP contribution in [-0.4, -0.2) is 22.6 Å². The van der Waals surface area contributed by atoms with Crippen molar-refractivity contribution in [3.05, 3.63) is 28.0 Å². The maximum atomic E-state index is 4.73. The molecular weight excluding hydrogens is 290 g/mol. The van der Waals surface area contributed by atoms with Gasteiger partial charge in [-0.25, -0.2) is 4.98 Å². The summed E-state index contributed by atoms with van der Waals surface area (Å²) in [7, 11) is 0. The number of benzene rings is 1. The number of hydrogen-bond acceptors (Lipinski definition) is 2. The maximum Gasteiger partial charge on any atom is 0.108 e. The molecule has 1 saturated heterocycles. The number of halogens is 1. The highest BCUT2D eigenvalue weighted by molar-refractivity contribution is 9.10. The van der Waals surface area contributed by atoms with Gasteiger partial charge in [0.15, 0.2) is 0 Å². The molecule has 0 spiro atoms. The first kappa shape index (κ1) is 12.2. The zero-order chi connectivity index (χ0) is 12.5. The molecule has 3 nitrogen and oxygen atoms in total. The van der Waals surface area contributed by atoms with Crippen molar-refractivity contribution in [2.75, 3.05) is 6.54 Å². The Hall–Kier alpha value is -0.870. The summed E-state index contributed by atoms with van der Waals surface area (Å²) in [5.74, 6) is 1.10. The highest BCUT2D eigenvalue weighted by atomic mass is 79.9. The van der Waals surface area contributed by atoms with Gasteiger partial charge < -0.3 is 10.3 Å². The number of nitrogens with zero attached hydrogens (tertiary/aromatic N) is 1. The van der Waals surface area contributed by atoms with E-state index < -0.39 is 0 Å². The van der Waals surface area contributed by atoms with Crippen LogP contribution in [0.1, 0.15) is 30.7 Å². The molecule has 0 saturated carbocycles. The van der Waals surface area contributed by atoms with Crippen LogP contribution in [0.3, 0.4) is 0 Å². The number of aromatic amines is 1. The maximum absolute atomic E-state index is 4.73. The van der Waals surface area contributed by atoms with Gasteiger partial charge in [0, 0.05) is 16.9 Å². The smallest absolute Gasteiger partial charge is 0.108 e. The van der Waals surface area contributed by atoms with Crippen molar-refractivity contribution >= 4 is 27.0 Å². The number of aromatic nitrogens is 2. The molecule has 2 heterocycles. The van der Waals surface area contributed by atoms with Crippen molar-refractivity contribution in [3.63, 3.8) is 0 Å². The second kappa shape index (κ2) is 5.02. The number of H-pyrrole nitrogens is 1. The summed E-state index contributed by atoms with van der Waals surface area (Å²) < 4.78 is 1.11. The Morgan fingerprint density at radius 1 is 1.39 bits per heavy atom. The van der Waals surface area contributed by atoms with Crippen molar-refractivity contribution in [1.82, 2.24) is 15.3 Å². The highest BCUT2D eigenvalue weighted by Crippen LogP contribution is 2.23. The molecule has 1 unspecified atom stereocenters. The fraction of sp³-hybridized carbons (Fsp3) is 0.500. The first-order valence-electron chi connectivity index (χ1n) is 6.60. The zero-order valence-electron chi connectivity index (χ0n) is 10.6. The van der Waals surface area contributed by atoms with Crippen LogP contribution in [0.5, 0.6) is 0 Å². The predicted octanol–water partition coefficient (Wildman–Crippen LogP) is 3.32. The minimum absolute atomic E-state index is 0.586. The number of piperidine rings is 1. The summed E-state index contributed by atoms with van der Waals surface area (Å²) >= 11 is 3.53. The van der Waals surface area contributed by atoms with Crippen LogP contribution in [0.2, 0.25) is 0 Å². The molecule has 1 atom stereocenters. The Bertz CT molecular complexity index is 555. The summed E-state index contributed by atoms with van der Waals surface area (Å²) in [6, 6.07) is 4.81. The van der Waals surface area contributed by atoms with Gasteiger partial charge in [0.2, 0.25) is 0 Å². The molecule has 1 aromatic carbocycles. The molecule has 1 aliphatic heterocycles. The minimum Gasteiger partial charge on any atom is -0.342 e. The lowest BCUT2D eigenvalue weighted by Gasteiger charge is -2.22. The van der Waals surface area contributed by atoms with E-state index in [-0.39, 0.29) is 0 Å². The number of nitrogens with one attached hydrogen (secondary N) is 2. The molecule has 1 aromatic heterocycles. The van der Waals surface area contributed by atoms with Gasteiger partial charge in [0.1, 0.15) is 5.82 Å². The molecule has 1 fully saturated rings. The van der Waals surface area contributed by atoms with Gasteiger partial charge >= 0.3 is 0 Å². The average molecular weight is 308 g/mol. The summed E-state index contributed by atoms with van der Waals surface area (Å²) in [5, 5.41) is 3.57. The van der Waals surface area contributed by atoms with Gasteiger partial charge in [-0.2, -0.15) is 0 Å².